The van der Waals surface area contributed by atoms with Crippen LogP contribution in [0.1, 0.15) is 32.0 Å². The van der Waals surface area contributed by atoms with Gasteiger partial charge in [0.1, 0.15) is 5.69 Å². The molecule has 1 aromatic heterocycles. The van der Waals surface area contributed by atoms with Crippen molar-refractivity contribution in [1.82, 2.24) is 9.88 Å². The van der Waals surface area contributed by atoms with E-state index in [1.807, 2.05) is 0 Å². The van der Waals surface area contributed by atoms with Gasteiger partial charge in [-0.3, -0.25) is 14.3 Å². The fourth-order valence-electron chi connectivity index (χ4n) is 3.03. The first-order valence-corrected chi connectivity index (χ1v) is 11.9. The summed E-state index contributed by atoms with van der Waals surface area (Å²) in [7, 11) is -1.66. The third-order valence-corrected chi connectivity index (χ3v) is 6.57. The van der Waals surface area contributed by atoms with Crippen LogP contribution in [-0.4, -0.2) is 44.1 Å². The average Bonchev–Trinajstić information content (AvgIpc) is 2.77. The molecule has 0 fully saturated rings. The topological polar surface area (TPSA) is 96.4 Å². The van der Waals surface area contributed by atoms with Crippen molar-refractivity contribution in [2.45, 2.75) is 11.1 Å². The highest BCUT2D eigenvalue weighted by Gasteiger charge is 2.35. The summed E-state index contributed by atoms with van der Waals surface area (Å²) >= 11 is 11.5. The minimum atomic E-state index is -4.90. The van der Waals surface area contributed by atoms with Gasteiger partial charge in [0.2, 0.25) is 5.78 Å². The van der Waals surface area contributed by atoms with Crippen molar-refractivity contribution < 1.29 is 31.2 Å². The lowest BCUT2D eigenvalue weighted by Crippen LogP contribution is -2.24. The van der Waals surface area contributed by atoms with Crippen LogP contribution in [0.3, 0.4) is 0 Å². The Morgan fingerprint density at radius 3 is 2.23 bits per heavy atom. The Balaban J connectivity index is 2.08. The summed E-state index contributed by atoms with van der Waals surface area (Å²) in [5.41, 5.74) is -2.17. The van der Waals surface area contributed by atoms with Gasteiger partial charge in [0, 0.05) is 25.9 Å². The van der Waals surface area contributed by atoms with Gasteiger partial charge in [-0.2, -0.15) is 13.2 Å². The highest BCUT2D eigenvalue weighted by Crippen LogP contribution is 2.36. The Bertz CT molecular complexity index is 1430. The number of alkyl halides is 3. The molecule has 1 heterocycles. The van der Waals surface area contributed by atoms with E-state index in [4.69, 9.17) is 23.2 Å². The summed E-state index contributed by atoms with van der Waals surface area (Å²) in [5.74, 6) is -1.29. The number of carbonyl (C=O) groups excluding carboxylic acids is 2. The molecule has 7 nitrogen and oxygen atoms in total. The predicted octanol–water partition coefficient (Wildman–Crippen LogP) is 5.14. The number of hydrogen-bond acceptors (Lipinski definition) is 5. The zero-order chi connectivity index (χ0) is 26.1. The summed E-state index contributed by atoms with van der Waals surface area (Å²) in [6.45, 7) is 0. The molecule has 0 saturated heterocycles. The minimum Gasteiger partial charge on any atom is -0.345 e. The number of sulfonamides is 1. The first-order valence-electron chi connectivity index (χ1n) is 9.63. The normalized spacial score (nSPS) is 11.7. The quantitative estimate of drug-likeness (QED) is 0.432. The second-order valence-corrected chi connectivity index (χ2v) is 9.89. The minimum absolute atomic E-state index is 0.0422. The van der Waals surface area contributed by atoms with Crippen molar-refractivity contribution >= 4 is 50.6 Å². The van der Waals surface area contributed by atoms with Crippen LogP contribution in [0.4, 0.5) is 18.9 Å². The van der Waals surface area contributed by atoms with Crippen LogP contribution in [0.15, 0.2) is 59.6 Å². The molecule has 35 heavy (non-hydrogen) atoms. The number of nitrogens with zero attached hydrogens (tertiary/aromatic N) is 2. The fourth-order valence-corrected chi connectivity index (χ4v) is 4.49. The van der Waals surface area contributed by atoms with E-state index in [-0.39, 0.29) is 16.1 Å². The second-order valence-electron chi connectivity index (χ2n) is 7.37. The van der Waals surface area contributed by atoms with E-state index in [0.717, 1.165) is 24.4 Å². The maximum Gasteiger partial charge on any atom is 0.417 e. The summed E-state index contributed by atoms with van der Waals surface area (Å²) in [6.07, 6.45) is -3.81. The smallest absolute Gasteiger partial charge is 0.345 e. The standard InChI is InChI=1S/C22H16Cl2F3N3O4S/c1-30(2)21(32)15-6-4-3-5-14(15)20(31)19-18(9-12(23)11-28-19)29-35(33,34)13-7-8-17(24)16(10-13)22(25,26)27/h3-11,29H,1-2H3. The number of aromatic nitrogens is 1. The van der Waals surface area contributed by atoms with Crippen molar-refractivity contribution in [2.75, 3.05) is 18.8 Å². The molecule has 1 amide bonds. The molecule has 0 aliphatic heterocycles. The Kier molecular flexibility index (Phi) is 7.44. The Labute approximate surface area is 208 Å². The molecule has 0 bridgehead atoms. The van der Waals surface area contributed by atoms with Crippen molar-refractivity contribution in [3.63, 3.8) is 0 Å². The predicted molar refractivity (Wildman–Crippen MR) is 124 cm³/mol. The van der Waals surface area contributed by atoms with E-state index in [0.29, 0.717) is 6.07 Å². The van der Waals surface area contributed by atoms with E-state index >= 15 is 0 Å². The third kappa shape index (κ3) is 5.75. The highest BCUT2D eigenvalue weighted by molar-refractivity contribution is 7.92. The molecule has 3 rings (SSSR count). The van der Waals surface area contributed by atoms with Crippen LogP contribution in [-0.2, 0) is 16.2 Å². The number of anilines is 1. The molecular formula is C22H16Cl2F3N3O4S. The number of benzene rings is 2. The van der Waals surface area contributed by atoms with Gasteiger partial charge in [-0.15, -0.1) is 0 Å². The SMILES string of the molecule is CN(C)C(=O)c1ccccc1C(=O)c1ncc(Cl)cc1NS(=O)(=O)c1ccc(Cl)c(C(F)(F)F)c1. The van der Waals surface area contributed by atoms with Crippen LogP contribution < -0.4 is 4.72 Å². The first-order chi connectivity index (χ1) is 16.2. The van der Waals surface area contributed by atoms with Gasteiger partial charge in [-0.05, 0) is 30.3 Å². The molecule has 0 radical (unpaired) electrons. The van der Waals surface area contributed by atoms with E-state index in [1.54, 1.807) is 6.07 Å². The number of carbonyl (C=O) groups is 2. The van der Waals surface area contributed by atoms with Crippen LogP contribution in [0, 0.1) is 0 Å². The van der Waals surface area contributed by atoms with Gasteiger partial charge < -0.3 is 4.90 Å². The zero-order valence-electron chi connectivity index (χ0n) is 18.0. The molecule has 0 aliphatic carbocycles. The number of rotatable bonds is 6. The third-order valence-electron chi connectivity index (χ3n) is 4.68. The average molecular weight is 546 g/mol. The van der Waals surface area contributed by atoms with Gasteiger partial charge in [-0.25, -0.2) is 13.4 Å². The van der Waals surface area contributed by atoms with Gasteiger partial charge in [0.05, 0.1) is 31.8 Å². The summed E-state index contributed by atoms with van der Waals surface area (Å²) in [5, 5.41) is -0.733. The highest BCUT2D eigenvalue weighted by atomic mass is 35.5. The summed E-state index contributed by atoms with van der Waals surface area (Å²) < 4.78 is 67.5. The van der Waals surface area contributed by atoms with E-state index in [2.05, 4.69) is 9.71 Å². The molecule has 0 unspecified atom stereocenters. The van der Waals surface area contributed by atoms with Gasteiger partial charge in [0.25, 0.3) is 15.9 Å². The number of hydrogen-bond donors (Lipinski definition) is 1. The first kappa shape index (κ1) is 26.5. The van der Waals surface area contributed by atoms with Crippen LogP contribution >= 0.6 is 23.2 Å². The monoisotopic (exact) mass is 545 g/mol. The maximum atomic E-state index is 13.3. The van der Waals surface area contributed by atoms with Gasteiger partial charge in [-0.1, -0.05) is 41.4 Å². The number of halogens is 5. The molecular weight excluding hydrogens is 530 g/mol. The Hall–Kier alpha value is -3.15. The lowest BCUT2D eigenvalue weighted by molar-refractivity contribution is -0.137. The van der Waals surface area contributed by atoms with Crippen LogP contribution in [0.5, 0.6) is 0 Å². The fraction of sp³-hybridized carbons (Fsp3) is 0.136. The van der Waals surface area contributed by atoms with E-state index < -0.39 is 54.8 Å². The molecule has 184 valence electrons. The molecule has 13 heteroatoms. The van der Waals surface area contributed by atoms with Gasteiger partial charge >= 0.3 is 6.18 Å². The van der Waals surface area contributed by atoms with Crippen LogP contribution in [0.2, 0.25) is 10.0 Å². The van der Waals surface area contributed by atoms with E-state index in [1.165, 1.54) is 37.2 Å². The molecule has 0 atom stereocenters. The lowest BCUT2D eigenvalue weighted by atomic mass is 9.99. The van der Waals surface area contributed by atoms with Crippen molar-refractivity contribution in [1.29, 1.82) is 0 Å². The summed E-state index contributed by atoms with van der Waals surface area (Å²) in [4.78, 5) is 30.2. The molecule has 2 aromatic carbocycles. The van der Waals surface area contributed by atoms with Gasteiger partial charge in [0.15, 0.2) is 0 Å². The molecule has 1 N–H and O–H groups in total. The Morgan fingerprint density at radius 1 is 1.00 bits per heavy atom. The maximum absolute atomic E-state index is 13.3. The largest absolute Gasteiger partial charge is 0.417 e. The van der Waals surface area contributed by atoms with E-state index in [9.17, 15) is 31.2 Å². The number of ketones is 1. The zero-order valence-corrected chi connectivity index (χ0v) is 20.3. The number of pyridine rings is 1. The second kappa shape index (κ2) is 9.84. The molecule has 0 aliphatic rings. The Morgan fingerprint density at radius 2 is 1.63 bits per heavy atom. The van der Waals surface area contributed by atoms with Crippen molar-refractivity contribution in [3.05, 3.63) is 87.2 Å². The molecule has 0 saturated carbocycles. The number of amides is 1. The summed E-state index contributed by atoms with van der Waals surface area (Å²) in [6, 6.07) is 8.96. The molecule has 3 aromatic rings. The number of nitrogens with one attached hydrogen (secondary N) is 1. The lowest BCUT2D eigenvalue weighted by Gasteiger charge is -2.16. The van der Waals surface area contributed by atoms with Crippen molar-refractivity contribution in [2.24, 2.45) is 0 Å². The van der Waals surface area contributed by atoms with Crippen molar-refractivity contribution in [3.8, 4) is 0 Å². The van der Waals surface area contributed by atoms with Crippen LogP contribution in [0.25, 0.3) is 0 Å². The molecule has 0 spiro atoms.